The van der Waals surface area contributed by atoms with Crippen molar-refractivity contribution in [1.82, 2.24) is 4.90 Å². The lowest BCUT2D eigenvalue weighted by Gasteiger charge is -2.42. The number of morpholine rings is 1. The first-order valence-electron chi connectivity index (χ1n) is 5.60. The summed E-state index contributed by atoms with van der Waals surface area (Å²) in [5, 5.41) is 0. The molecule has 0 aromatic heterocycles. The fourth-order valence-corrected chi connectivity index (χ4v) is 2.64. The standard InChI is InChI=1S/C11H21NO/c1-10(2)12-7-8-13-11(9-12)5-3-4-6-11/h10H,3-9H2,1-2H3. The molecule has 0 N–H and O–H groups in total. The van der Waals surface area contributed by atoms with Crippen LogP contribution in [0.1, 0.15) is 39.5 Å². The predicted molar refractivity (Wildman–Crippen MR) is 53.9 cm³/mol. The summed E-state index contributed by atoms with van der Waals surface area (Å²) in [6.45, 7) is 7.81. The minimum absolute atomic E-state index is 0.252. The first kappa shape index (κ1) is 9.47. The van der Waals surface area contributed by atoms with E-state index in [0.717, 1.165) is 13.2 Å². The maximum atomic E-state index is 5.97. The second kappa shape index (κ2) is 3.58. The SMILES string of the molecule is CC(C)N1CCOC2(CCCC2)C1. The highest BCUT2D eigenvalue weighted by atomic mass is 16.5. The Morgan fingerprint density at radius 2 is 1.92 bits per heavy atom. The Bertz CT molecular complexity index is 173. The van der Waals surface area contributed by atoms with Gasteiger partial charge < -0.3 is 4.74 Å². The van der Waals surface area contributed by atoms with E-state index in [4.69, 9.17) is 4.74 Å². The van der Waals surface area contributed by atoms with Gasteiger partial charge in [-0.05, 0) is 26.7 Å². The van der Waals surface area contributed by atoms with Gasteiger partial charge in [0.25, 0.3) is 0 Å². The van der Waals surface area contributed by atoms with E-state index in [-0.39, 0.29) is 5.60 Å². The molecule has 0 atom stereocenters. The van der Waals surface area contributed by atoms with Gasteiger partial charge in [0.15, 0.2) is 0 Å². The number of hydrogen-bond donors (Lipinski definition) is 0. The van der Waals surface area contributed by atoms with Crippen molar-refractivity contribution in [1.29, 1.82) is 0 Å². The van der Waals surface area contributed by atoms with E-state index in [9.17, 15) is 0 Å². The Balaban J connectivity index is 1.98. The van der Waals surface area contributed by atoms with Gasteiger partial charge in [-0.25, -0.2) is 0 Å². The molecular formula is C11H21NO. The lowest BCUT2D eigenvalue weighted by atomic mass is 9.99. The molecule has 1 aliphatic heterocycles. The molecule has 1 saturated carbocycles. The van der Waals surface area contributed by atoms with Gasteiger partial charge in [-0.3, -0.25) is 4.90 Å². The number of rotatable bonds is 1. The molecule has 0 aromatic carbocycles. The van der Waals surface area contributed by atoms with Crippen LogP contribution in [-0.2, 0) is 4.74 Å². The molecule has 0 radical (unpaired) electrons. The van der Waals surface area contributed by atoms with E-state index in [0.29, 0.717) is 6.04 Å². The molecule has 2 nitrogen and oxygen atoms in total. The lowest BCUT2D eigenvalue weighted by Crippen LogP contribution is -2.52. The van der Waals surface area contributed by atoms with Crippen LogP contribution in [0.15, 0.2) is 0 Å². The zero-order valence-electron chi connectivity index (χ0n) is 8.88. The minimum atomic E-state index is 0.252. The Hall–Kier alpha value is -0.0800. The van der Waals surface area contributed by atoms with E-state index in [1.807, 2.05) is 0 Å². The van der Waals surface area contributed by atoms with Gasteiger partial charge in [-0.15, -0.1) is 0 Å². The molecular weight excluding hydrogens is 162 g/mol. The summed E-state index contributed by atoms with van der Waals surface area (Å²) < 4.78 is 5.97. The molecule has 2 aliphatic rings. The average molecular weight is 183 g/mol. The molecule has 1 spiro atoms. The minimum Gasteiger partial charge on any atom is -0.372 e. The summed E-state index contributed by atoms with van der Waals surface area (Å²) in [5.74, 6) is 0. The fraction of sp³-hybridized carbons (Fsp3) is 1.00. The van der Waals surface area contributed by atoms with Crippen LogP contribution in [-0.4, -0.2) is 36.2 Å². The Labute approximate surface area is 81.3 Å². The summed E-state index contributed by atoms with van der Waals surface area (Å²) in [6.07, 6.45) is 5.31. The van der Waals surface area contributed by atoms with Gasteiger partial charge in [-0.1, -0.05) is 12.8 Å². The third-order valence-corrected chi connectivity index (χ3v) is 3.52. The highest BCUT2D eigenvalue weighted by Crippen LogP contribution is 2.36. The maximum absolute atomic E-state index is 5.97. The molecule has 1 heterocycles. The highest BCUT2D eigenvalue weighted by Gasteiger charge is 2.39. The van der Waals surface area contributed by atoms with Crippen LogP contribution in [0.4, 0.5) is 0 Å². The summed E-state index contributed by atoms with van der Waals surface area (Å²) in [4.78, 5) is 2.56. The topological polar surface area (TPSA) is 12.5 Å². The van der Waals surface area contributed by atoms with Gasteiger partial charge in [0.05, 0.1) is 12.2 Å². The summed E-state index contributed by atoms with van der Waals surface area (Å²) in [6, 6.07) is 0.682. The van der Waals surface area contributed by atoms with Crippen LogP contribution in [0, 0.1) is 0 Å². The van der Waals surface area contributed by atoms with E-state index in [2.05, 4.69) is 18.7 Å². The van der Waals surface area contributed by atoms with Crippen molar-refractivity contribution in [2.45, 2.75) is 51.2 Å². The van der Waals surface area contributed by atoms with E-state index >= 15 is 0 Å². The number of ether oxygens (including phenoxy) is 1. The molecule has 1 saturated heterocycles. The molecule has 2 heteroatoms. The normalized spacial score (nSPS) is 28.8. The molecule has 13 heavy (non-hydrogen) atoms. The zero-order chi connectivity index (χ0) is 9.31. The van der Waals surface area contributed by atoms with Crippen molar-refractivity contribution in [2.75, 3.05) is 19.7 Å². The molecule has 2 rings (SSSR count). The molecule has 76 valence electrons. The lowest BCUT2D eigenvalue weighted by molar-refractivity contribution is -0.111. The third-order valence-electron chi connectivity index (χ3n) is 3.52. The molecule has 0 aromatic rings. The van der Waals surface area contributed by atoms with Gasteiger partial charge in [0, 0.05) is 19.1 Å². The van der Waals surface area contributed by atoms with Crippen molar-refractivity contribution >= 4 is 0 Å². The van der Waals surface area contributed by atoms with Crippen LogP contribution in [0.2, 0.25) is 0 Å². The van der Waals surface area contributed by atoms with Gasteiger partial charge in [0.2, 0.25) is 0 Å². The van der Waals surface area contributed by atoms with E-state index in [1.165, 1.54) is 32.2 Å². The van der Waals surface area contributed by atoms with E-state index < -0.39 is 0 Å². The summed E-state index contributed by atoms with van der Waals surface area (Å²) in [5.41, 5.74) is 0.252. The third kappa shape index (κ3) is 1.89. The fourth-order valence-electron chi connectivity index (χ4n) is 2.64. The van der Waals surface area contributed by atoms with Crippen LogP contribution in [0.25, 0.3) is 0 Å². The molecule has 1 aliphatic carbocycles. The van der Waals surface area contributed by atoms with Crippen LogP contribution < -0.4 is 0 Å². The summed E-state index contributed by atoms with van der Waals surface area (Å²) >= 11 is 0. The molecule has 2 fully saturated rings. The van der Waals surface area contributed by atoms with Gasteiger partial charge >= 0.3 is 0 Å². The average Bonchev–Trinajstić information content (AvgIpc) is 2.53. The molecule has 0 amide bonds. The number of hydrogen-bond acceptors (Lipinski definition) is 2. The van der Waals surface area contributed by atoms with Crippen molar-refractivity contribution < 1.29 is 4.74 Å². The zero-order valence-corrected chi connectivity index (χ0v) is 8.88. The van der Waals surface area contributed by atoms with Crippen molar-refractivity contribution in [3.63, 3.8) is 0 Å². The smallest absolute Gasteiger partial charge is 0.0809 e. The van der Waals surface area contributed by atoms with Crippen molar-refractivity contribution in [3.8, 4) is 0 Å². The first-order valence-corrected chi connectivity index (χ1v) is 5.60. The Kier molecular flexibility index (Phi) is 2.61. The van der Waals surface area contributed by atoms with Crippen molar-refractivity contribution in [3.05, 3.63) is 0 Å². The maximum Gasteiger partial charge on any atom is 0.0809 e. The van der Waals surface area contributed by atoms with E-state index in [1.54, 1.807) is 0 Å². The van der Waals surface area contributed by atoms with Crippen molar-refractivity contribution in [2.24, 2.45) is 0 Å². The second-order valence-corrected chi connectivity index (χ2v) is 4.80. The van der Waals surface area contributed by atoms with Crippen LogP contribution in [0.5, 0.6) is 0 Å². The summed E-state index contributed by atoms with van der Waals surface area (Å²) in [7, 11) is 0. The molecule has 0 unspecified atom stereocenters. The predicted octanol–water partition coefficient (Wildman–Crippen LogP) is 2.04. The Morgan fingerprint density at radius 3 is 2.54 bits per heavy atom. The molecule has 0 bridgehead atoms. The number of nitrogens with zero attached hydrogens (tertiary/aromatic N) is 1. The largest absolute Gasteiger partial charge is 0.372 e. The van der Waals surface area contributed by atoms with Crippen LogP contribution >= 0.6 is 0 Å². The quantitative estimate of drug-likeness (QED) is 0.617. The van der Waals surface area contributed by atoms with Gasteiger partial charge in [0.1, 0.15) is 0 Å². The second-order valence-electron chi connectivity index (χ2n) is 4.80. The monoisotopic (exact) mass is 183 g/mol. The first-order chi connectivity index (χ1) is 6.22. The highest BCUT2D eigenvalue weighted by molar-refractivity contribution is 4.92. The van der Waals surface area contributed by atoms with Gasteiger partial charge in [-0.2, -0.15) is 0 Å². The van der Waals surface area contributed by atoms with Crippen LogP contribution in [0.3, 0.4) is 0 Å². The Morgan fingerprint density at radius 1 is 1.23 bits per heavy atom.